The molecule has 4 aromatic rings. The third kappa shape index (κ3) is 6.64. The molecule has 40 heavy (non-hydrogen) atoms. The SMILES string of the molecule is C=CCc1cc(-c2ccc(OS(=O)(=O)c3ccc(F)cc3)c(CC=C)c2)ccc1OS(=O)(=O)c1ccc(F)cc1. The summed E-state index contributed by atoms with van der Waals surface area (Å²) in [6.45, 7) is 7.45. The minimum absolute atomic E-state index is 0.0876. The van der Waals surface area contributed by atoms with Crippen LogP contribution in [0.3, 0.4) is 0 Å². The van der Waals surface area contributed by atoms with Gasteiger partial charge >= 0.3 is 20.2 Å². The molecule has 4 rings (SSSR count). The molecule has 0 aliphatic heterocycles. The van der Waals surface area contributed by atoms with E-state index in [1.807, 2.05) is 0 Å². The summed E-state index contributed by atoms with van der Waals surface area (Å²) < 4.78 is 88.2. The largest absolute Gasteiger partial charge is 0.379 e. The lowest BCUT2D eigenvalue weighted by molar-refractivity contribution is 0.481. The van der Waals surface area contributed by atoms with E-state index in [9.17, 15) is 25.6 Å². The van der Waals surface area contributed by atoms with Gasteiger partial charge in [0, 0.05) is 11.1 Å². The van der Waals surface area contributed by atoms with Crippen LogP contribution in [-0.4, -0.2) is 16.8 Å². The van der Waals surface area contributed by atoms with Crippen LogP contribution in [0.1, 0.15) is 11.1 Å². The van der Waals surface area contributed by atoms with Crippen LogP contribution >= 0.6 is 0 Å². The highest BCUT2D eigenvalue weighted by molar-refractivity contribution is 7.87. The Kier molecular flexibility index (Phi) is 8.51. The van der Waals surface area contributed by atoms with E-state index in [-0.39, 0.29) is 21.3 Å². The van der Waals surface area contributed by atoms with E-state index in [1.54, 1.807) is 36.4 Å². The van der Waals surface area contributed by atoms with Gasteiger partial charge in [0.2, 0.25) is 0 Å². The second kappa shape index (κ2) is 11.8. The molecule has 0 heterocycles. The lowest BCUT2D eigenvalue weighted by Crippen LogP contribution is -2.11. The zero-order valence-electron chi connectivity index (χ0n) is 21.1. The standard InChI is InChI=1S/C30H24F2O6S2/c1-3-5-23-19-21(7-17-29(23)37-39(33,34)27-13-9-25(31)10-14-27)22-8-18-30(24(20-22)6-4-2)38-40(35,36)28-15-11-26(32)12-16-28/h3-4,7-20H,1-2,5-6H2. The molecular formula is C30H24F2O6S2. The van der Waals surface area contributed by atoms with Gasteiger partial charge in [-0.05, 0) is 96.8 Å². The molecule has 0 saturated heterocycles. The molecule has 0 fully saturated rings. The molecule has 0 aliphatic rings. The highest BCUT2D eigenvalue weighted by atomic mass is 32.2. The lowest BCUT2D eigenvalue weighted by atomic mass is 9.98. The van der Waals surface area contributed by atoms with E-state index < -0.39 is 31.9 Å². The maximum Gasteiger partial charge on any atom is 0.339 e. The molecule has 0 amide bonds. The predicted molar refractivity (Wildman–Crippen MR) is 148 cm³/mol. The van der Waals surface area contributed by atoms with Gasteiger partial charge in [-0.2, -0.15) is 16.8 Å². The Balaban J connectivity index is 1.66. The predicted octanol–water partition coefficient (Wildman–Crippen LogP) is 6.62. The summed E-state index contributed by atoms with van der Waals surface area (Å²) in [4.78, 5) is -0.384. The summed E-state index contributed by atoms with van der Waals surface area (Å²) in [6.07, 6.45) is 3.77. The Bertz CT molecular complexity index is 1630. The fourth-order valence-corrected chi connectivity index (χ4v) is 5.78. The molecule has 0 aromatic heterocycles. The summed E-state index contributed by atoms with van der Waals surface area (Å²) in [5.41, 5.74) is 2.45. The number of halogens is 2. The molecule has 0 atom stereocenters. The van der Waals surface area contributed by atoms with Gasteiger partial charge in [0.1, 0.15) is 32.9 Å². The lowest BCUT2D eigenvalue weighted by Gasteiger charge is -2.15. The zero-order valence-corrected chi connectivity index (χ0v) is 22.7. The number of rotatable bonds is 11. The van der Waals surface area contributed by atoms with Gasteiger partial charge < -0.3 is 8.37 Å². The van der Waals surface area contributed by atoms with Gasteiger partial charge in [0.05, 0.1) is 0 Å². The van der Waals surface area contributed by atoms with E-state index in [4.69, 9.17) is 8.37 Å². The Hall–Kier alpha value is -4.28. The van der Waals surface area contributed by atoms with Gasteiger partial charge in [0.25, 0.3) is 0 Å². The first kappa shape index (κ1) is 28.7. The van der Waals surface area contributed by atoms with Crippen molar-refractivity contribution in [1.82, 2.24) is 0 Å². The average molecular weight is 583 g/mol. The topological polar surface area (TPSA) is 86.7 Å². The van der Waals surface area contributed by atoms with E-state index >= 15 is 0 Å². The van der Waals surface area contributed by atoms with Crippen molar-refractivity contribution in [1.29, 1.82) is 0 Å². The first-order valence-electron chi connectivity index (χ1n) is 11.9. The second-order valence-corrected chi connectivity index (χ2v) is 11.7. The summed E-state index contributed by atoms with van der Waals surface area (Å²) in [5.74, 6) is -0.971. The van der Waals surface area contributed by atoms with Crippen molar-refractivity contribution < 1.29 is 34.0 Å². The maximum absolute atomic E-state index is 13.2. The van der Waals surface area contributed by atoms with Gasteiger partial charge in [-0.15, -0.1) is 13.2 Å². The third-order valence-electron chi connectivity index (χ3n) is 5.79. The van der Waals surface area contributed by atoms with E-state index in [1.165, 1.54) is 12.1 Å². The first-order chi connectivity index (χ1) is 19.0. The molecule has 0 N–H and O–H groups in total. The number of hydrogen-bond acceptors (Lipinski definition) is 6. The molecule has 0 unspecified atom stereocenters. The quantitative estimate of drug-likeness (QED) is 0.146. The molecule has 4 aromatic carbocycles. The molecule has 0 aliphatic carbocycles. The Labute approximate surface area is 232 Å². The third-order valence-corrected chi connectivity index (χ3v) is 8.28. The Morgan fingerprint density at radius 3 is 1.25 bits per heavy atom. The molecule has 206 valence electrons. The molecular weight excluding hydrogens is 558 g/mol. The Morgan fingerprint density at radius 1 is 0.575 bits per heavy atom. The number of benzene rings is 4. The van der Waals surface area contributed by atoms with Gasteiger partial charge in [-0.1, -0.05) is 24.3 Å². The highest BCUT2D eigenvalue weighted by Gasteiger charge is 2.21. The molecule has 6 nitrogen and oxygen atoms in total. The van der Waals surface area contributed by atoms with E-state index in [0.29, 0.717) is 35.1 Å². The Morgan fingerprint density at radius 2 is 0.925 bits per heavy atom. The number of hydrogen-bond donors (Lipinski definition) is 0. The number of allylic oxidation sites excluding steroid dienone is 2. The van der Waals surface area contributed by atoms with Crippen molar-refractivity contribution >= 4 is 20.2 Å². The van der Waals surface area contributed by atoms with Crippen molar-refractivity contribution in [3.05, 3.63) is 133 Å². The van der Waals surface area contributed by atoms with E-state index in [2.05, 4.69) is 13.2 Å². The zero-order chi connectivity index (χ0) is 28.9. The molecule has 0 bridgehead atoms. The normalized spacial score (nSPS) is 11.6. The van der Waals surface area contributed by atoms with Gasteiger partial charge in [0.15, 0.2) is 0 Å². The maximum atomic E-state index is 13.2. The molecule has 10 heteroatoms. The van der Waals surface area contributed by atoms with Gasteiger partial charge in [-0.3, -0.25) is 0 Å². The smallest absolute Gasteiger partial charge is 0.339 e. The minimum atomic E-state index is -4.22. The van der Waals surface area contributed by atoms with Crippen molar-refractivity contribution in [3.63, 3.8) is 0 Å². The second-order valence-electron chi connectivity index (χ2n) is 8.61. The van der Waals surface area contributed by atoms with E-state index in [0.717, 1.165) is 48.5 Å². The van der Waals surface area contributed by atoms with Crippen LogP contribution < -0.4 is 8.37 Å². The van der Waals surface area contributed by atoms with Crippen molar-refractivity contribution in [2.45, 2.75) is 22.6 Å². The average Bonchev–Trinajstić information content (AvgIpc) is 2.91. The fourth-order valence-electron chi connectivity index (χ4n) is 3.85. The van der Waals surface area contributed by atoms with Crippen LogP contribution in [0, 0.1) is 11.6 Å². The fraction of sp³-hybridized carbons (Fsp3) is 0.0667. The minimum Gasteiger partial charge on any atom is -0.379 e. The summed E-state index contributed by atoms with van der Waals surface area (Å²) in [5, 5.41) is 0. The van der Waals surface area contributed by atoms with Crippen LogP contribution in [-0.2, 0) is 33.1 Å². The van der Waals surface area contributed by atoms with Crippen LogP contribution in [0.5, 0.6) is 11.5 Å². The summed E-state index contributed by atoms with van der Waals surface area (Å²) in [6, 6.07) is 18.4. The summed E-state index contributed by atoms with van der Waals surface area (Å²) in [7, 11) is -8.43. The van der Waals surface area contributed by atoms with Crippen LogP contribution in [0.15, 0.2) is 120 Å². The van der Waals surface area contributed by atoms with Crippen LogP contribution in [0.2, 0.25) is 0 Å². The van der Waals surface area contributed by atoms with Crippen molar-refractivity contribution in [2.24, 2.45) is 0 Å². The monoisotopic (exact) mass is 582 g/mol. The molecule has 0 spiro atoms. The molecule has 0 saturated carbocycles. The van der Waals surface area contributed by atoms with Crippen molar-refractivity contribution in [3.8, 4) is 22.6 Å². The van der Waals surface area contributed by atoms with Gasteiger partial charge in [-0.25, -0.2) is 8.78 Å². The highest BCUT2D eigenvalue weighted by Crippen LogP contribution is 2.33. The van der Waals surface area contributed by atoms with Crippen LogP contribution in [0.25, 0.3) is 11.1 Å². The molecule has 0 radical (unpaired) electrons. The van der Waals surface area contributed by atoms with Crippen LogP contribution in [0.4, 0.5) is 8.78 Å². The first-order valence-corrected chi connectivity index (χ1v) is 14.7. The van der Waals surface area contributed by atoms with Crippen molar-refractivity contribution in [2.75, 3.05) is 0 Å². The summed E-state index contributed by atoms with van der Waals surface area (Å²) >= 11 is 0.